The fourth-order valence-corrected chi connectivity index (χ4v) is 5.53. The molecule has 2 atom stereocenters. The Balaban J connectivity index is 1.54. The molecule has 0 spiro atoms. The molecule has 4 aliphatic carbocycles. The van der Waals surface area contributed by atoms with Gasteiger partial charge in [0, 0.05) is 6.07 Å². The van der Waals surface area contributed by atoms with E-state index in [2.05, 4.69) is 0 Å². The van der Waals surface area contributed by atoms with E-state index >= 15 is 0 Å². The highest BCUT2D eigenvalue weighted by Gasteiger charge is 2.57. The summed E-state index contributed by atoms with van der Waals surface area (Å²) in [6, 6.07) is 2.41. The van der Waals surface area contributed by atoms with Crippen LogP contribution in [0.2, 0.25) is 5.02 Å². The maximum Gasteiger partial charge on any atom is 0.341 e. The number of hydrogen-bond donors (Lipinski definition) is 0. The van der Waals surface area contributed by atoms with Crippen LogP contribution in [0.25, 0.3) is 0 Å². The third-order valence-corrected chi connectivity index (χ3v) is 6.31. The number of carbonyl (C=O) groups excluding carboxylic acids is 1. The molecule has 0 heterocycles. The number of alkyl halides is 1. The zero-order valence-electron chi connectivity index (χ0n) is 15.9. The van der Waals surface area contributed by atoms with Crippen molar-refractivity contribution >= 4 is 17.6 Å². The zero-order chi connectivity index (χ0) is 19.6. The van der Waals surface area contributed by atoms with Crippen LogP contribution in [-0.4, -0.2) is 23.3 Å². The van der Waals surface area contributed by atoms with Crippen LogP contribution in [0.15, 0.2) is 12.1 Å². The van der Waals surface area contributed by atoms with E-state index in [0.717, 1.165) is 18.9 Å². The summed E-state index contributed by atoms with van der Waals surface area (Å²) in [4.78, 5) is 12.2. The molecule has 3 nitrogen and oxygen atoms in total. The molecule has 4 bridgehead atoms. The molecule has 148 valence electrons. The lowest BCUT2D eigenvalue weighted by Crippen LogP contribution is -2.56. The molecular weight excluding hydrogens is 374 g/mol. The van der Waals surface area contributed by atoms with Gasteiger partial charge < -0.3 is 9.47 Å². The van der Waals surface area contributed by atoms with Crippen molar-refractivity contribution in [1.29, 1.82) is 0 Å². The van der Waals surface area contributed by atoms with E-state index < -0.39 is 23.1 Å². The number of halogens is 3. The predicted molar refractivity (Wildman–Crippen MR) is 98.4 cm³/mol. The molecule has 0 aromatic heterocycles. The second-order valence-electron chi connectivity index (χ2n) is 9.47. The highest BCUT2D eigenvalue weighted by molar-refractivity contribution is 6.32. The lowest BCUT2D eigenvalue weighted by atomic mass is 9.53. The standard InChI is InChI=1S/C21H25ClF2O3/c1-20(2,3)27-19(25)14-6-15(22)17(7-16(14)23)26-18-12-4-11-5-13(18)10-21(24,8-11)9-12/h6-7,11-13,18H,4-5,8-10H2,1-3H3/t11?,12?,13?,18-,21-. The van der Waals surface area contributed by atoms with Crippen LogP contribution in [0.5, 0.6) is 5.75 Å². The van der Waals surface area contributed by atoms with E-state index in [4.69, 9.17) is 21.1 Å². The van der Waals surface area contributed by atoms with Gasteiger partial charge in [0.05, 0.1) is 10.6 Å². The number of hydrogen-bond acceptors (Lipinski definition) is 3. The monoisotopic (exact) mass is 398 g/mol. The van der Waals surface area contributed by atoms with Crippen molar-refractivity contribution in [2.24, 2.45) is 17.8 Å². The van der Waals surface area contributed by atoms with Crippen LogP contribution >= 0.6 is 11.6 Å². The first-order valence-electron chi connectivity index (χ1n) is 9.61. The molecule has 0 amide bonds. The van der Waals surface area contributed by atoms with Crippen molar-refractivity contribution in [2.75, 3.05) is 0 Å². The molecule has 4 saturated carbocycles. The lowest BCUT2D eigenvalue weighted by Gasteiger charge is -2.56. The summed E-state index contributed by atoms with van der Waals surface area (Å²) in [6.07, 6.45) is 3.48. The first-order valence-corrected chi connectivity index (χ1v) is 9.99. The van der Waals surface area contributed by atoms with Crippen molar-refractivity contribution in [3.05, 3.63) is 28.5 Å². The van der Waals surface area contributed by atoms with Gasteiger partial charge in [-0.2, -0.15) is 0 Å². The van der Waals surface area contributed by atoms with Crippen molar-refractivity contribution in [1.82, 2.24) is 0 Å². The molecular formula is C21H25ClF2O3. The van der Waals surface area contributed by atoms with E-state index in [1.54, 1.807) is 20.8 Å². The second-order valence-corrected chi connectivity index (χ2v) is 9.87. The molecule has 6 heteroatoms. The minimum atomic E-state index is -1.05. The van der Waals surface area contributed by atoms with Crippen molar-refractivity contribution < 1.29 is 23.0 Å². The number of rotatable bonds is 3. The third-order valence-electron chi connectivity index (χ3n) is 6.02. The molecule has 5 rings (SSSR count). The number of ether oxygens (including phenoxy) is 2. The average molecular weight is 399 g/mol. The molecule has 27 heavy (non-hydrogen) atoms. The Labute approximate surface area is 163 Å². The molecule has 4 fully saturated rings. The second kappa shape index (κ2) is 6.33. The summed E-state index contributed by atoms with van der Waals surface area (Å²) in [6.45, 7) is 5.14. The number of benzene rings is 1. The normalized spacial score (nSPS) is 34.6. The SMILES string of the molecule is CC(C)(C)OC(=O)c1cc(Cl)c(O[C@H]2C3CC4CC2C[C@](F)(C4)C3)cc1F. The number of carbonyl (C=O) groups is 1. The van der Waals surface area contributed by atoms with Crippen LogP contribution in [-0.2, 0) is 4.74 Å². The summed E-state index contributed by atoms with van der Waals surface area (Å²) in [7, 11) is 0. The predicted octanol–water partition coefficient (Wildman–Crippen LogP) is 5.73. The Morgan fingerprint density at radius 3 is 2.37 bits per heavy atom. The highest BCUT2D eigenvalue weighted by Crippen LogP contribution is 2.58. The van der Waals surface area contributed by atoms with E-state index in [1.165, 1.54) is 6.07 Å². The fourth-order valence-electron chi connectivity index (χ4n) is 5.33. The molecule has 4 aliphatic rings. The maximum absolute atomic E-state index is 14.8. The highest BCUT2D eigenvalue weighted by atomic mass is 35.5. The fraction of sp³-hybridized carbons (Fsp3) is 0.667. The van der Waals surface area contributed by atoms with Gasteiger partial charge in [0.1, 0.15) is 28.9 Å². The van der Waals surface area contributed by atoms with Crippen LogP contribution in [0, 0.1) is 23.6 Å². The zero-order valence-corrected chi connectivity index (χ0v) is 16.6. The van der Waals surface area contributed by atoms with Crippen LogP contribution in [0.3, 0.4) is 0 Å². The van der Waals surface area contributed by atoms with Gasteiger partial charge in [-0.3, -0.25) is 0 Å². The van der Waals surface area contributed by atoms with Crippen LogP contribution in [0.4, 0.5) is 8.78 Å². The largest absolute Gasteiger partial charge is 0.488 e. The van der Waals surface area contributed by atoms with Crippen molar-refractivity contribution in [3.63, 3.8) is 0 Å². The summed E-state index contributed by atoms with van der Waals surface area (Å²) in [5.74, 6) is -0.547. The Bertz CT molecular complexity index is 757. The van der Waals surface area contributed by atoms with Gasteiger partial charge in [0.25, 0.3) is 0 Å². The minimum absolute atomic E-state index is 0.144. The first-order chi connectivity index (χ1) is 12.5. The Kier molecular flexibility index (Phi) is 4.45. The summed E-state index contributed by atoms with van der Waals surface area (Å²) < 4.78 is 40.7. The topological polar surface area (TPSA) is 35.5 Å². The molecule has 0 radical (unpaired) electrons. The summed E-state index contributed by atoms with van der Waals surface area (Å²) in [5.41, 5.74) is -1.99. The maximum atomic E-state index is 14.8. The average Bonchev–Trinajstić information content (AvgIpc) is 2.50. The van der Waals surface area contributed by atoms with E-state index in [1.807, 2.05) is 0 Å². The Hall–Kier alpha value is -1.36. The molecule has 1 aromatic rings. The lowest BCUT2D eigenvalue weighted by molar-refractivity contribution is -0.134. The third kappa shape index (κ3) is 3.67. The van der Waals surface area contributed by atoms with Crippen LogP contribution in [0.1, 0.15) is 63.2 Å². The smallest absolute Gasteiger partial charge is 0.341 e. The van der Waals surface area contributed by atoms with E-state index in [-0.39, 0.29) is 34.3 Å². The van der Waals surface area contributed by atoms with Crippen molar-refractivity contribution in [3.8, 4) is 5.75 Å². The van der Waals surface area contributed by atoms with Crippen LogP contribution < -0.4 is 4.74 Å². The van der Waals surface area contributed by atoms with Gasteiger partial charge in [-0.25, -0.2) is 13.6 Å². The van der Waals surface area contributed by atoms with Gasteiger partial charge in [-0.1, -0.05) is 11.6 Å². The summed E-state index contributed by atoms with van der Waals surface area (Å²) >= 11 is 6.28. The molecule has 0 aliphatic heterocycles. The first kappa shape index (κ1) is 19.0. The molecule has 2 unspecified atom stereocenters. The van der Waals surface area contributed by atoms with E-state index in [0.29, 0.717) is 25.2 Å². The van der Waals surface area contributed by atoms with Gasteiger partial charge in [-0.05, 0) is 76.7 Å². The van der Waals surface area contributed by atoms with E-state index in [9.17, 15) is 13.6 Å². The quantitative estimate of drug-likeness (QED) is 0.610. The van der Waals surface area contributed by atoms with Gasteiger partial charge in [-0.15, -0.1) is 0 Å². The van der Waals surface area contributed by atoms with Gasteiger partial charge >= 0.3 is 5.97 Å². The van der Waals surface area contributed by atoms with Crippen molar-refractivity contribution in [2.45, 2.75) is 70.2 Å². The molecule has 0 saturated heterocycles. The molecule has 1 aromatic carbocycles. The summed E-state index contributed by atoms with van der Waals surface area (Å²) in [5, 5.41) is 0.168. The van der Waals surface area contributed by atoms with Gasteiger partial charge in [0.15, 0.2) is 0 Å². The number of esters is 1. The Morgan fingerprint density at radius 2 is 1.81 bits per heavy atom. The minimum Gasteiger partial charge on any atom is -0.488 e. The van der Waals surface area contributed by atoms with Gasteiger partial charge in [0.2, 0.25) is 0 Å². The Morgan fingerprint density at radius 1 is 1.19 bits per heavy atom. The molecule has 0 N–H and O–H groups in total.